The first-order valence-electron chi connectivity index (χ1n) is 1.60. The molecule has 49 valence electrons. The van der Waals surface area contributed by atoms with E-state index in [-0.39, 0.29) is 0 Å². The van der Waals surface area contributed by atoms with Gasteiger partial charge < -0.3 is 4.74 Å². The largest absolute Gasteiger partial charge is 0.416 e. The molecule has 0 saturated carbocycles. The summed E-state index contributed by atoms with van der Waals surface area (Å²) in [4.78, 5) is 0. The van der Waals surface area contributed by atoms with Crippen LogP contribution in [-0.4, -0.2) is 12.5 Å². The molecule has 0 aliphatic carbocycles. The number of hydrogen-bond donors (Lipinski definition) is 0. The molecule has 8 heavy (non-hydrogen) atoms. The zero-order valence-corrected chi connectivity index (χ0v) is 3.70. The van der Waals surface area contributed by atoms with Gasteiger partial charge in [0.05, 0.1) is 7.11 Å². The summed E-state index contributed by atoms with van der Waals surface area (Å²) in [6.45, 7) is 0. The molecule has 1 nitrogen and oxygen atoms in total. The fraction of sp³-hybridized carbons (Fsp3) is 0.667. The predicted octanol–water partition coefficient (Wildman–Crippen LogP) is 1.65. The third kappa shape index (κ3) is 1.65. The summed E-state index contributed by atoms with van der Waals surface area (Å²) < 4.78 is 47.1. The summed E-state index contributed by atoms with van der Waals surface area (Å²) >= 11 is 0. The van der Waals surface area contributed by atoms with E-state index in [9.17, 15) is 17.6 Å². The molecule has 0 amide bonds. The van der Waals surface area contributed by atoms with Crippen LogP contribution in [-0.2, 0) is 4.74 Å². The molecular formula is C3H3F4O. The van der Waals surface area contributed by atoms with Crippen molar-refractivity contribution in [3.05, 3.63) is 7.11 Å². The van der Waals surface area contributed by atoms with E-state index in [0.717, 1.165) is 0 Å². The lowest BCUT2D eigenvalue weighted by molar-refractivity contribution is -0.277. The fourth-order valence-corrected chi connectivity index (χ4v) is 0.0630. The number of halogens is 4. The number of hydrogen-bond acceptors (Lipinski definition) is 1. The van der Waals surface area contributed by atoms with E-state index < -0.39 is 12.5 Å². The van der Waals surface area contributed by atoms with Gasteiger partial charge in [-0.15, -0.1) is 0 Å². The van der Waals surface area contributed by atoms with Crippen LogP contribution in [0.25, 0.3) is 0 Å². The van der Waals surface area contributed by atoms with Gasteiger partial charge in [-0.2, -0.15) is 8.78 Å². The summed E-state index contributed by atoms with van der Waals surface area (Å²) in [5.74, 6) is 0. The maximum atomic E-state index is 11.2. The highest BCUT2D eigenvalue weighted by Gasteiger charge is 2.40. The topological polar surface area (TPSA) is 9.23 Å². The lowest BCUT2D eigenvalue weighted by atomic mass is 10.7. The van der Waals surface area contributed by atoms with Crippen LogP contribution in [0.3, 0.4) is 0 Å². The molecule has 0 rings (SSSR count). The first-order valence-corrected chi connectivity index (χ1v) is 1.60. The molecule has 0 spiro atoms. The highest BCUT2D eigenvalue weighted by atomic mass is 19.3. The van der Waals surface area contributed by atoms with E-state index in [1.54, 1.807) is 0 Å². The lowest BCUT2D eigenvalue weighted by Gasteiger charge is -2.10. The maximum Gasteiger partial charge on any atom is 0.416 e. The number of rotatable bonds is 2. The molecular weight excluding hydrogens is 128 g/mol. The first kappa shape index (κ1) is 7.68. The minimum atomic E-state index is -4.40. The summed E-state index contributed by atoms with van der Waals surface area (Å²) in [5.41, 5.74) is 0. The van der Waals surface area contributed by atoms with Gasteiger partial charge >= 0.3 is 12.5 Å². The van der Waals surface area contributed by atoms with Crippen molar-refractivity contribution in [2.75, 3.05) is 0 Å². The zero-order chi connectivity index (χ0) is 6.78. The normalized spacial score (nSPS) is 12.8. The Bertz CT molecular complexity index is 71.7. The van der Waals surface area contributed by atoms with Gasteiger partial charge in [0.25, 0.3) is 0 Å². The van der Waals surface area contributed by atoms with Gasteiger partial charge in [0, 0.05) is 0 Å². The molecule has 0 N–H and O–H groups in total. The quantitative estimate of drug-likeness (QED) is 0.517. The molecule has 0 saturated heterocycles. The third-order valence-electron chi connectivity index (χ3n) is 0.446. The Kier molecular flexibility index (Phi) is 2.21. The molecule has 1 radical (unpaired) electrons. The molecule has 0 heterocycles. The highest BCUT2D eigenvalue weighted by Crippen LogP contribution is 2.22. The standard InChI is InChI=1S/C3H3F4O/c1-8-3(6,7)2(4)5/h2H,1H2. The lowest BCUT2D eigenvalue weighted by Crippen LogP contribution is -2.27. The van der Waals surface area contributed by atoms with Crippen LogP contribution in [0.15, 0.2) is 0 Å². The smallest absolute Gasteiger partial charge is 0.314 e. The van der Waals surface area contributed by atoms with E-state index in [2.05, 4.69) is 11.8 Å². The Hall–Kier alpha value is -0.320. The Morgan fingerprint density at radius 3 is 1.75 bits per heavy atom. The Labute approximate surface area is 43.2 Å². The van der Waals surface area contributed by atoms with Gasteiger partial charge in [-0.25, -0.2) is 8.78 Å². The van der Waals surface area contributed by atoms with Crippen molar-refractivity contribution in [3.8, 4) is 0 Å². The Balaban J connectivity index is 3.71. The van der Waals surface area contributed by atoms with Crippen LogP contribution >= 0.6 is 0 Å². The van der Waals surface area contributed by atoms with E-state index in [1.165, 1.54) is 0 Å². The van der Waals surface area contributed by atoms with Crippen molar-refractivity contribution < 1.29 is 22.3 Å². The number of ether oxygens (including phenoxy) is 1. The molecule has 5 heteroatoms. The van der Waals surface area contributed by atoms with Crippen LogP contribution in [0.1, 0.15) is 0 Å². The molecule has 0 aromatic carbocycles. The van der Waals surface area contributed by atoms with Crippen LogP contribution in [0.2, 0.25) is 0 Å². The second kappa shape index (κ2) is 2.30. The monoisotopic (exact) mass is 131 g/mol. The molecule has 0 atom stereocenters. The van der Waals surface area contributed by atoms with Crippen molar-refractivity contribution >= 4 is 0 Å². The summed E-state index contributed by atoms with van der Waals surface area (Å²) in [6, 6.07) is 0. The maximum absolute atomic E-state index is 11.2. The van der Waals surface area contributed by atoms with Gasteiger partial charge in [-0.3, -0.25) is 0 Å². The molecule has 0 bridgehead atoms. The molecule has 0 aromatic rings. The van der Waals surface area contributed by atoms with Crippen molar-refractivity contribution in [1.29, 1.82) is 0 Å². The van der Waals surface area contributed by atoms with Crippen molar-refractivity contribution in [3.63, 3.8) is 0 Å². The minimum absolute atomic E-state index is 2.15. The summed E-state index contributed by atoms with van der Waals surface area (Å²) in [6.07, 6.45) is -8.21. The Morgan fingerprint density at radius 1 is 1.38 bits per heavy atom. The van der Waals surface area contributed by atoms with E-state index in [4.69, 9.17) is 0 Å². The van der Waals surface area contributed by atoms with Gasteiger partial charge in [0.15, 0.2) is 0 Å². The average molecular weight is 131 g/mol. The average Bonchev–Trinajstić information content (AvgIpc) is 1.67. The highest BCUT2D eigenvalue weighted by molar-refractivity contribution is 4.53. The summed E-state index contributed by atoms with van der Waals surface area (Å²) in [5, 5.41) is 0. The summed E-state index contributed by atoms with van der Waals surface area (Å²) in [7, 11) is 2.15. The zero-order valence-electron chi connectivity index (χ0n) is 3.70. The van der Waals surface area contributed by atoms with Crippen molar-refractivity contribution in [2.45, 2.75) is 12.5 Å². The molecule has 0 aliphatic rings. The SMILES string of the molecule is [CH2]OC(F)(F)C(F)F. The molecule has 0 unspecified atom stereocenters. The van der Waals surface area contributed by atoms with Gasteiger partial charge in [-0.1, -0.05) is 0 Å². The molecule has 0 aliphatic heterocycles. The van der Waals surface area contributed by atoms with Gasteiger partial charge in [0.2, 0.25) is 0 Å². The molecule has 0 aromatic heterocycles. The van der Waals surface area contributed by atoms with Gasteiger partial charge in [-0.05, 0) is 0 Å². The second-order valence-electron chi connectivity index (χ2n) is 1.01. The predicted molar refractivity (Wildman–Crippen MR) is 17.4 cm³/mol. The van der Waals surface area contributed by atoms with E-state index >= 15 is 0 Å². The van der Waals surface area contributed by atoms with Gasteiger partial charge in [0.1, 0.15) is 0 Å². The van der Waals surface area contributed by atoms with Crippen molar-refractivity contribution in [2.24, 2.45) is 0 Å². The minimum Gasteiger partial charge on any atom is -0.314 e. The van der Waals surface area contributed by atoms with Crippen LogP contribution in [0.5, 0.6) is 0 Å². The van der Waals surface area contributed by atoms with E-state index in [0.29, 0.717) is 0 Å². The third-order valence-corrected chi connectivity index (χ3v) is 0.446. The number of alkyl halides is 4. The van der Waals surface area contributed by atoms with Crippen molar-refractivity contribution in [1.82, 2.24) is 0 Å². The second-order valence-corrected chi connectivity index (χ2v) is 1.01. The fourth-order valence-electron chi connectivity index (χ4n) is 0.0630. The van der Waals surface area contributed by atoms with E-state index in [1.807, 2.05) is 0 Å². The van der Waals surface area contributed by atoms with Crippen LogP contribution in [0.4, 0.5) is 17.6 Å². The molecule has 0 fully saturated rings. The Morgan fingerprint density at radius 2 is 1.75 bits per heavy atom. The first-order chi connectivity index (χ1) is 3.50. The van der Waals surface area contributed by atoms with Crippen LogP contribution < -0.4 is 0 Å². The van der Waals surface area contributed by atoms with Crippen LogP contribution in [0, 0.1) is 7.11 Å².